The van der Waals surface area contributed by atoms with Gasteiger partial charge < -0.3 is 20.8 Å². The lowest BCUT2D eigenvalue weighted by Gasteiger charge is -2.13. The largest absolute Gasteiger partial charge is 0.394 e. The molecule has 0 saturated carbocycles. The predicted molar refractivity (Wildman–Crippen MR) is 84.2 cm³/mol. The van der Waals surface area contributed by atoms with E-state index in [1.165, 1.54) is 6.33 Å². The normalized spacial score (nSPS) is 11.7. The van der Waals surface area contributed by atoms with Gasteiger partial charge in [-0.25, -0.2) is 14.6 Å². The van der Waals surface area contributed by atoms with E-state index in [9.17, 15) is 4.79 Å². The monoisotopic (exact) mass is 325 g/mol. The maximum Gasteiger partial charge on any atom is 0.300 e. The molecule has 4 N–H and O–H groups in total. The molecular formula is C14H23N5O4. The molecule has 0 amide bonds. The molecule has 2 aromatic heterocycles. The second kappa shape index (κ2) is 8.04. The summed E-state index contributed by atoms with van der Waals surface area (Å²) in [5, 5.41) is 18.0. The number of fused-ring (bicyclic) bond motifs is 1. The molecule has 9 nitrogen and oxygen atoms in total. The molecule has 0 aromatic carbocycles. The molecule has 0 aliphatic carbocycles. The summed E-state index contributed by atoms with van der Waals surface area (Å²) in [5.41, 5.74) is 0.152. The predicted octanol–water partition coefficient (Wildman–Crippen LogP) is -0.633. The Labute approximate surface area is 133 Å². The number of hydrogen-bond acceptors (Lipinski definition) is 7. The van der Waals surface area contributed by atoms with Crippen molar-refractivity contribution in [1.29, 1.82) is 0 Å². The van der Waals surface area contributed by atoms with Gasteiger partial charge in [-0.3, -0.25) is 9.36 Å². The number of unbranched alkanes of at least 4 members (excludes halogenated alkanes) is 2. The third-order valence-electron chi connectivity index (χ3n) is 3.61. The molecule has 0 aliphatic rings. The molecule has 0 bridgehead atoms. The number of aliphatic hydroxyl groups is 2. The summed E-state index contributed by atoms with van der Waals surface area (Å²) < 4.78 is 7.94. The van der Waals surface area contributed by atoms with Crippen LogP contribution >= 0.6 is 0 Å². The number of imidazole rings is 1. The van der Waals surface area contributed by atoms with E-state index >= 15 is 0 Å². The quantitative estimate of drug-likeness (QED) is 0.413. The molecule has 0 aliphatic heterocycles. The van der Waals surface area contributed by atoms with E-state index < -0.39 is 11.7 Å². The van der Waals surface area contributed by atoms with Crippen molar-refractivity contribution in [2.75, 3.05) is 19.1 Å². The molecule has 0 unspecified atom stereocenters. The van der Waals surface area contributed by atoms with Gasteiger partial charge in [0.15, 0.2) is 11.2 Å². The Morgan fingerprint density at radius 2 is 2.09 bits per heavy atom. The van der Waals surface area contributed by atoms with Gasteiger partial charge in [0.05, 0.1) is 19.5 Å². The van der Waals surface area contributed by atoms with Crippen LogP contribution in [0, 0.1) is 0 Å². The van der Waals surface area contributed by atoms with Crippen molar-refractivity contribution in [3.8, 4) is 0 Å². The standard InChI is InChI=1S/C14H23N5O4/c1-2-3-4-5-11-17-13-12(14(22)19(11)15)16-8-18(13)9-23-10(6-20)7-21/h8,10,20-21H,2-7,9,15H2,1H3. The average molecular weight is 325 g/mol. The zero-order valence-corrected chi connectivity index (χ0v) is 13.2. The molecule has 2 rings (SSSR count). The van der Waals surface area contributed by atoms with Gasteiger partial charge in [-0.2, -0.15) is 0 Å². The van der Waals surface area contributed by atoms with E-state index in [2.05, 4.69) is 16.9 Å². The van der Waals surface area contributed by atoms with E-state index in [0.717, 1.165) is 23.9 Å². The molecule has 2 heterocycles. The number of nitrogens with two attached hydrogens (primary N) is 1. The smallest absolute Gasteiger partial charge is 0.300 e. The first-order valence-electron chi connectivity index (χ1n) is 7.67. The Balaban J connectivity index is 2.28. The van der Waals surface area contributed by atoms with Crippen LogP contribution in [0.15, 0.2) is 11.1 Å². The summed E-state index contributed by atoms with van der Waals surface area (Å²) in [7, 11) is 0. The van der Waals surface area contributed by atoms with E-state index in [-0.39, 0.29) is 25.5 Å². The molecule has 0 spiro atoms. The van der Waals surface area contributed by atoms with E-state index in [4.69, 9.17) is 20.8 Å². The highest BCUT2D eigenvalue weighted by Crippen LogP contribution is 2.09. The highest BCUT2D eigenvalue weighted by Gasteiger charge is 2.15. The summed E-state index contributed by atoms with van der Waals surface area (Å²) in [4.78, 5) is 20.7. The summed E-state index contributed by atoms with van der Waals surface area (Å²) in [6.07, 6.45) is 4.34. The minimum absolute atomic E-state index is 0.0255. The Morgan fingerprint density at radius 3 is 2.74 bits per heavy atom. The number of aryl methyl sites for hydroxylation is 1. The van der Waals surface area contributed by atoms with Crippen LogP contribution in [0.2, 0.25) is 0 Å². The summed E-state index contributed by atoms with van der Waals surface area (Å²) in [6, 6.07) is 0. The molecular weight excluding hydrogens is 302 g/mol. The van der Waals surface area contributed by atoms with Crippen LogP contribution < -0.4 is 11.4 Å². The molecule has 128 valence electrons. The van der Waals surface area contributed by atoms with Crippen molar-refractivity contribution < 1.29 is 14.9 Å². The topological polar surface area (TPSA) is 128 Å². The number of rotatable bonds is 9. The maximum absolute atomic E-state index is 12.2. The SMILES string of the molecule is CCCCCc1nc2c(ncn2COC(CO)CO)c(=O)n1N. The Bertz CT molecular complexity index is 692. The third-order valence-corrected chi connectivity index (χ3v) is 3.61. The van der Waals surface area contributed by atoms with Crippen molar-refractivity contribution in [3.63, 3.8) is 0 Å². The van der Waals surface area contributed by atoms with Gasteiger partial charge in [-0.1, -0.05) is 19.8 Å². The van der Waals surface area contributed by atoms with Crippen molar-refractivity contribution in [1.82, 2.24) is 19.2 Å². The van der Waals surface area contributed by atoms with Gasteiger partial charge >= 0.3 is 0 Å². The van der Waals surface area contributed by atoms with E-state index in [1.54, 1.807) is 4.57 Å². The van der Waals surface area contributed by atoms with Gasteiger partial charge in [0.25, 0.3) is 5.56 Å². The first-order chi connectivity index (χ1) is 11.1. The van der Waals surface area contributed by atoms with Gasteiger partial charge in [-0.15, -0.1) is 0 Å². The minimum Gasteiger partial charge on any atom is -0.394 e. The Kier molecular flexibility index (Phi) is 6.08. The Morgan fingerprint density at radius 1 is 1.35 bits per heavy atom. The average Bonchev–Trinajstić information content (AvgIpc) is 2.96. The fraction of sp³-hybridized carbons (Fsp3) is 0.643. The van der Waals surface area contributed by atoms with E-state index in [1.807, 2.05) is 0 Å². The van der Waals surface area contributed by atoms with Crippen molar-refractivity contribution in [3.05, 3.63) is 22.5 Å². The fourth-order valence-corrected chi connectivity index (χ4v) is 2.20. The number of aliphatic hydroxyl groups excluding tert-OH is 2. The zero-order chi connectivity index (χ0) is 16.8. The molecule has 0 radical (unpaired) electrons. The molecule has 9 heteroatoms. The van der Waals surface area contributed by atoms with E-state index in [0.29, 0.717) is 17.9 Å². The molecule has 0 fully saturated rings. The van der Waals surface area contributed by atoms with Crippen molar-refractivity contribution in [2.45, 2.75) is 45.4 Å². The van der Waals surface area contributed by atoms with Crippen LogP contribution in [-0.2, 0) is 17.9 Å². The van der Waals surface area contributed by atoms with Crippen molar-refractivity contribution >= 4 is 11.2 Å². The maximum atomic E-state index is 12.2. The number of aromatic nitrogens is 4. The number of ether oxygens (including phenoxy) is 1. The summed E-state index contributed by atoms with van der Waals surface area (Å²) in [5.74, 6) is 6.30. The highest BCUT2D eigenvalue weighted by atomic mass is 16.5. The van der Waals surface area contributed by atoms with Crippen LogP contribution in [-0.4, -0.2) is 48.7 Å². The first kappa shape index (κ1) is 17.4. The molecule has 2 aromatic rings. The van der Waals surface area contributed by atoms with Gasteiger partial charge in [0.1, 0.15) is 18.7 Å². The lowest BCUT2D eigenvalue weighted by atomic mass is 10.2. The number of hydrogen-bond donors (Lipinski definition) is 3. The van der Waals surface area contributed by atoms with Gasteiger partial charge in [0, 0.05) is 6.42 Å². The van der Waals surface area contributed by atoms with Crippen LogP contribution in [0.3, 0.4) is 0 Å². The van der Waals surface area contributed by atoms with Crippen molar-refractivity contribution in [2.24, 2.45) is 0 Å². The third kappa shape index (κ3) is 3.87. The van der Waals surface area contributed by atoms with Crippen LogP contribution in [0.25, 0.3) is 11.2 Å². The van der Waals surface area contributed by atoms with Crippen LogP contribution in [0.4, 0.5) is 0 Å². The fourth-order valence-electron chi connectivity index (χ4n) is 2.20. The molecule has 0 atom stereocenters. The van der Waals surface area contributed by atoms with Gasteiger partial charge in [-0.05, 0) is 6.42 Å². The van der Waals surface area contributed by atoms with Gasteiger partial charge in [0.2, 0.25) is 0 Å². The van der Waals surface area contributed by atoms with Crippen LogP contribution in [0.1, 0.15) is 32.0 Å². The second-order valence-corrected chi connectivity index (χ2v) is 5.33. The number of nitrogen functional groups attached to an aromatic ring is 1. The lowest BCUT2D eigenvalue weighted by Crippen LogP contribution is -2.32. The minimum atomic E-state index is -0.689. The first-order valence-corrected chi connectivity index (χ1v) is 7.67. The number of nitrogens with zero attached hydrogens (tertiary/aromatic N) is 4. The van der Waals surface area contributed by atoms with Crippen LogP contribution in [0.5, 0.6) is 0 Å². The lowest BCUT2D eigenvalue weighted by molar-refractivity contribution is -0.0488. The summed E-state index contributed by atoms with van der Waals surface area (Å²) >= 11 is 0. The second-order valence-electron chi connectivity index (χ2n) is 5.33. The summed E-state index contributed by atoms with van der Waals surface area (Å²) in [6.45, 7) is 1.53. The Hall–Kier alpha value is -1.97. The molecule has 0 saturated heterocycles. The zero-order valence-electron chi connectivity index (χ0n) is 13.2. The highest BCUT2D eigenvalue weighted by molar-refractivity contribution is 5.69. The molecule has 23 heavy (non-hydrogen) atoms.